The molecule has 0 unspecified atom stereocenters. The highest BCUT2D eigenvalue weighted by molar-refractivity contribution is 5.65. The third kappa shape index (κ3) is 2.87. The van der Waals surface area contributed by atoms with E-state index in [1.165, 1.54) is 11.0 Å². The van der Waals surface area contributed by atoms with Crippen molar-refractivity contribution in [3.8, 4) is 0 Å². The number of fused-ring (bicyclic) bond motifs is 1. The minimum absolute atomic E-state index is 0.211. The highest BCUT2D eigenvalue weighted by Gasteiger charge is 2.30. The summed E-state index contributed by atoms with van der Waals surface area (Å²) in [6.07, 6.45) is -0.955. The van der Waals surface area contributed by atoms with E-state index in [1.54, 1.807) is 6.07 Å². The van der Waals surface area contributed by atoms with Crippen LogP contribution in [0.4, 0.5) is 9.18 Å². The molecule has 0 bridgehead atoms. The zero-order valence-electron chi connectivity index (χ0n) is 11.5. The lowest BCUT2D eigenvalue weighted by molar-refractivity contribution is 0.0529. The number of hydrogen-bond donors (Lipinski definition) is 1. The molecule has 0 saturated carbocycles. The summed E-state index contributed by atoms with van der Waals surface area (Å²) in [5, 5.41) is 9.27. The lowest BCUT2D eigenvalue weighted by Gasteiger charge is -2.36. The molecule has 0 spiro atoms. The Kier molecular flexibility index (Phi) is 3.49. The monoisotopic (exact) mass is 266 g/mol. The quantitative estimate of drug-likeness (QED) is 0.895. The Hall–Kier alpha value is -1.62. The van der Waals surface area contributed by atoms with E-state index in [2.05, 4.69) is 0 Å². The van der Waals surface area contributed by atoms with Gasteiger partial charge in [-0.05, 0) is 32.4 Å². The van der Waals surface area contributed by atoms with Crippen LogP contribution in [0.1, 0.15) is 31.9 Å². The van der Waals surface area contributed by atoms with Gasteiger partial charge >= 0.3 is 6.09 Å². The zero-order chi connectivity index (χ0) is 14.2. The van der Waals surface area contributed by atoms with Crippen molar-refractivity contribution in [1.82, 2.24) is 9.80 Å². The molecule has 0 radical (unpaired) electrons. The van der Waals surface area contributed by atoms with Gasteiger partial charge in [-0.15, -0.1) is 0 Å². The molecule has 0 atom stereocenters. The van der Waals surface area contributed by atoms with Crippen molar-refractivity contribution in [3.63, 3.8) is 0 Å². The number of carboxylic acid groups (broad SMARTS) is 1. The standard InChI is InChI=1S/C14H19FN2O2/c1-14(2,3)17(13(18)19)9-16-7-10-5-4-6-12(15)11(10)8-16/h4-6H,7-9H2,1-3H3,(H,18,19). The summed E-state index contributed by atoms with van der Waals surface area (Å²) >= 11 is 0. The van der Waals surface area contributed by atoms with Crippen LogP contribution in [0, 0.1) is 5.82 Å². The van der Waals surface area contributed by atoms with E-state index in [4.69, 9.17) is 0 Å². The van der Waals surface area contributed by atoms with Gasteiger partial charge in [-0.3, -0.25) is 9.80 Å². The molecule has 0 saturated heterocycles. The van der Waals surface area contributed by atoms with Gasteiger partial charge < -0.3 is 5.11 Å². The number of amides is 1. The third-order valence-electron chi connectivity index (χ3n) is 3.37. The van der Waals surface area contributed by atoms with Crippen molar-refractivity contribution in [3.05, 3.63) is 35.1 Å². The zero-order valence-corrected chi connectivity index (χ0v) is 11.5. The second-order valence-electron chi connectivity index (χ2n) is 5.89. The first-order chi connectivity index (χ1) is 8.79. The van der Waals surface area contributed by atoms with E-state index in [0.29, 0.717) is 18.7 Å². The van der Waals surface area contributed by atoms with Crippen molar-refractivity contribution < 1.29 is 14.3 Å². The Balaban J connectivity index is 2.11. The first-order valence-corrected chi connectivity index (χ1v) is 6.28. The first-order valence-electron chi connectivity index (χ1n) is 6.28. The van der Waals surface area contributed by atoms with E-state index >= 15 is 0 Å². The van der Waals surface area contributed by atoms with Gasteiger partial charge in [0.25, 0.3) is 0 Å². The van der Waals surface area contributed by atoms with E-state index in [0.717, 1.165) is 5.56 Å². The predicted octanol–water partition coefficient (Wildman–Crippen LogP) is 2.88. The number of hydrogen-bond acceptors (Lipinski definition) is 2. The van der Waals surface area contributed by atoms with Gasteiger partial charge in [0.2, 0.25) is 0 Å². The Morgan fingerprint density at radius 3 is 2.63 bits per heavy atom. The molecular formula is C14H19FN2O2. The summed E-state index contributed by atoms with van der Waals surface area (Å²) in [6, 6.07) is 5.03. The highest BCUT2D eigenvalue weighted by Crippen LogP contribution is 2.26. The Bertz CT molecular complexity index is 497. The van der Waals surface area contributed by atoms with Crippen LogP contribution in [0.2, 0.25) is 0 Å². The molecule has 1 N–H and O–H groups in total. The molecule has 1 amide bonds. The summed E-state index contributed by atoms with van der Waals surface area (Å²) in [5.41, 5.74) is 1.15. The van der Waals surface area contributed by atoms with Crippen molar-refractivity contribution in [2.75, 3.05) is 6.67 Å². The average molecular weight is 266 g/mol. The fourth-order valence-corrected chi connectivity index (χ4v) is 2.31. The van der Waals surface area contributed by atoms with Gasteiger partial charge in [-0.2, -0.15) is 0 Å². The molecule has 0 fully saturated rings. The number of nitrogens with zero attached hydrogens (tertiary/aromatic N) is 2. The molecule has 1 aromatic rings. The van der Waals surface area contributed by atoms with Crippen LogP contribution >= 0.6 is 0 Å². The largest absolute Gasteiger partial charge is 0.465 e. The van der Waals surface area contributed by atoms with Crippen molar-refractivity contribution in [1.29, 1.82) is 0 Å². The van der Waals surface area contributed by atoms with Crippen LogP contribution in [0.15, 0.2) is 18.2 Å². The van der Waals surface area contributed by atoms with Gasteiger partial charge in [0, 0.05) is 24.2 Å². The van der Waals surface area contributed by atoms with Crippen molar-refractivity contribution in [2.45, 2.75) is 39.4 Å². The average Bonchev–Trinajstić information content (AvgIpc) is 2.68. The molecule has 104 valence electrons. The van der Waals surface area contributed by atoms with Gasteiger partial charge in [-0.25, -0.2) is 9.18 Å². The van der Waals surface area contributed by atoms with Crippen LogP contribution < -0.4 is 0 Å². The van der Waals surface area contributed by atoms with Crippen LogP contribution in [0.5, 0.6) is 0 Å². The van der Waals surface area contributed by atoms with Gasteiger partial charge in [0.05, 0.1) is 6.67 Å². The fraction of sp³-hybridized carbons (Fsp3) is 0.500. The smallest absolute Gasteiger partial charge is 0.408 e. The summed E-state index contributed by atoms with van der Waals surface area (Å²) in [6.45, 7) is 6.89. The van der Waals surface area contributed by atoms with Crippen molar-refractivity contribution in [2.24, 2.45) is 0 Å². The molecule has 1 aromatic carbocycles. The number of halogens is 1. The third-order valence-corrected chi connectivity index (χ3v) is 3.37. The Morgan fingerprint density at radius 2 is 2.11 bits per heavy atom. The lowest BCUT2D eigenvalue weighted by atomic mass is 10.1. The van der Waals surface area contributed by atoms with Gasteiger partial charge in [0.15, 0.2) is 0 Å². The van der Waals surface area contributed by atoms with E-state index in [1.807, 2.05) is 31.7 Å². The molecule has 1 aliphatic rings. The fourth-order valence-electron chi connectivity index (χ4n) is 2.31. The molecule has 0 aliphatic carbocycles. The van der Waals surface area contributed by atoms with E-state index < -0.39 is 11.6 Å². The maximum atomic E-state index is 13.6. The predicted molar refractivity (Wildman–Crippen MR) is 70.1 cm³/mol. The van der Waals surface area contributed by atoms with Crippen LogP contribution in [0.25, 0.3) is 0 Å². The molecule has 1 aliphatic heterocycles. The summed E-state index contributed by atoms with van der Waals surface area (Å²) in [7, 11) is 0. The second-order valence-corrected chi connectivity index (χ2v) is 5.89. The lowest BCUT2D eigenvalue weighted by Crippen LogP contribution is -2.49. The summed E-state index contributed by atoms with van der Waals surface area (Å²) in [4.78, 5) is 14.6. The normalized spacial score (nSPS) is 15.4. The molecule has 0 aromatic heterocycles. The van der Waals surface area contributed by atoms with Gasteiger partial charge in [0.1, 0.15) is 5.82 Å². The molecule has 4 nitrogen and oxygen atoms in total. The molecule has 2 rings (SSSR count). The van der Waals surface area contributed by atoms with Gasteiger partial charge in [-0.1, -0.05) is 12.1 Å². The van der Waals surface area contributed by atoms with Crippen LogP contribution in [0.3, 0.4) is 0 Å². The highest BCUT2D eigenvalue weighted by atomic mass is 19.1. The Morgan fingerprint density at radius 1 is 1.42 bits per heavy atom. The second kappa shape index (κ2) is 4.81. The first kappa shape index (κ1) is 13.8. The topological polar surface area (TPSA) is 43.8 Å². The van der Waals surface area contributed by atoms with E-state index in [-0.39, 0.29) is 12.5 Å². The number of benzene rings is 1. The SMILES string of the molecule is CC(C)(C)N(CN1Cc2cccc(F)c2C1)C(=O)O. The molecule has 1 heterocycles. The maximum Gasteiger partial charge on any atom is 0.408 e. The number of carbonyl (C=O) groups is 1. The van der Waals surface area contributed by atoms with E-state index in [9.17, 15) is 14.3 Å². The molecule has 19 heavy (non-hydrogen) atoms. The minimum Gasteiger partial charge on any atom is -0.465 e. The minimum atomic E-state index is -0.955. The summed E-state index contributed by atoms with van der Waals surface area (Å²) in [5.74, 6) is -0.211. The molecule has 5 heteroatoms. The van der Waals surface area contributed by atoms with Crippen LogP contribution in [-0.4, -0.2) is 33.2 Å². The van der Waals surface area contributed by atoms with Crippen LogP contribution in [-0.2, 0) is 13.1 Å². The van der Waals surface area contributed by atoms with Crippen molar-refractivity contribution >= 4 is 6.09 Å². The number of rotatable bonds is 2. The Labute approximate surface area is 112 Å². The summed E-state index contributed by atoms with van der Waals surface area (Å²) < 4.78 is 13.6. The maximum absolute atomic E-state index is 13.6. The molecular weight excluding hydrogens is 247 g/mol.